The monoisotopic (exact) mass is 1300 g/mol. The van der Waals surface area contributed by atoms with Gasteiger partial charge in [-0.2, -0.15) is 9.03 Å². The zero-order valence-electron chi connectivity index (χ0n) is 50.4. The summed E-state index contributed by atoms with van der Waals surface area (Å²) in [6.45, 7) is 2.49. The number of carbonyl (C=O) groups excluding carboxylic acids is 5. The first-order valence-electron chi connectivity index (χ1n) is 27.3. The highest BCUT2D eigenvalue weighted by Crippen LogP contribution is 2.33. The van der Waals surface area contributed by atoms with Gasteiger partial charge >= 0.3 is 29.8 Å². The van der Waals surface area contributed by atoms with E-state index in [1.807, 2.05) is 92.7 Å². The highest BCUT2D eigenvalue weighted by Gasteiger charge is 2.29. The minimum absolute atomic E-state index is 0.0123. The molecule has 0 radical (unpaired) electrons. The van der Waals surface area contributed by atoms with Crippen LogP contribution in [0.2, 0.25) is 0 Å². The number of ether oxygens (including phenoxy) is 8. The molecule has 9 aromatic rings. The summed E-state index contributed by atoms with van der Waals surface area (Å²) in [6.07, 6.45) is 1.50. The molecule has 0 aliphatic carbocycles. The Balaban J connectivity index is 0.000000202. The number of benzene rings is 8. The molecule has 0 spiro atoms. The molecule has 0 aliphatic heterocycles. The van der Waals surface area contributed by atoms with E-state index < -0.39 is 56.4 Å². The van der Waals surface area contributed by atoms with E-state index in [0.717, 1.165) is 21.2 Å². The van der Waals surface area contributed by atoms with Crippen LogP contribution in [0.15, 0.2) is 210 Å². The first kappa shape index (κ1) is 69.9. The van der Waals surface area contributed by atoms with Crippen molar-refractivity contribution in [3.05, 3.63) is 239 Å². The number of aromatic nitrogens is 1. The number of methoxy groups -OCH3 is 5. The minimum atomic E-state index is -4.10. The van der Waals surface area contributed by atoms with Gasteiger partial charge in [-0.05, 0) is 140 Å². The Kier molecular flexibility index (Phi) is 26.1. The minimum Gasteiger partial charge on any atom is -0.505 e. The summed E-state index contributed by atoms with van der Waals surface area (Å²) < 4.78 is 93.6. The zero-order valence-corrected chi connectivity index (χ0v) is 52.7. The number of nitrogens with zero attached hydrogens (tertiary/aromatic N) is 2. The molecule has 2 N–H and O–H groups in total. The Morgan fingerprint density at radius 2 is 0.923 bits per heavy atom. The fourth-order valence-corrected chi connectivity index (χ4v) is 10.6. The average molecular weight is 1300 g/mol. The number of aromatic hydroxyl groups is 1. The number of esters is 5. The molecule has 0 bridgehead atoms. The third-order valence-electron chi connectivity index (χ3n) is 12.8. The van der Waals surface area contributed by atoms with Gasteiger partial charge in [0.25, 0.3) is 0 Å². The fraction of sp³-hybridized carbons (Fsp3) is 0.164. The van der Waals surface area contributed by atoms with E-state index in [1.165, 1.54) is 72.1 Å². The molecular formula is C67H64ClN3O18S2. The molecule has 1 heterocycles. The predicted molar refractivity (Wildman–Crippen MR) is 339 cm³/mol. The Morgan fingerprint density at radius 3 is 1.37 bits per heavy atom. The number of rotatable bonds is 20. The van der Waals surface area contributed by atoms with E-state index in [-0.39, 0.29) is 45.8 Å². The van der Waals surface area contributed by atoms with Crippen molar-refractivity contribution in [3.8, 4) is 40.2 Å². The smallest absolute Gasteiger partial charge is 0.360 e. The van der Waals surface area contributed by atoms with Crippen molar-refractivity contribution in [2.24, 2.45) is 0 Å². The van der Waals surface area contributed by atoms with Gasteiger partial charge in [-0.3, -0.25) is 9.59 Å². The molecule has 24 heteroatoms. The zero-order chi connectivity index (χ0) is 66.1. The van der Waals surface area contributed by atoms with Gasteiger partial charge in [-0.25, -0.2) is 36.2 Å². The van der Waals surface area contributed by atoms with Gasteiger partial charge < -0.3 is 43.0 Å². The molecule has 0 saturated carbocycles. The number of carbonyl (C=O) groups is 5. The van der Waals surface area contributed by atoms with Gasteiger partial charge in [0.1, 0.15) is 47.6 Å². The van der Waals surface area contributed by atoms with E-state index in [0.29, 0.717) is 56.2 Å². The van der Waals surface area contributed by atoms with Crippen molar-refractivity contribution in [2.75, 3.05) is 48.6 Å². The van der Waals surface area contributed by atoms with Gasteiger partial charge in [0, 0.05) is 29.4 Å². The van der Waals surface area contributed by atoms with E-state index in [2.05, 4.69) is 19.2 Å². The maximum absolute atomic E-state index is 13.4. The Morgan fingerprint density at radius 1 is 0.495 bits per heavy atom. The number of nitrogens with one attached hydrogen (secondary N) is 1. The van der Waals surface area contributed by atoms with Crippen LogP contribution in [-0.4, -0.2) is 110 Å². The van der Waals surface area contributed by atoms with Gasteiger partial charge in [0.2, 0.25) is 20.0 Å². The molecule has 9 rings (SSSR count). The Hall–Kier alpha value is -10.2. The second kappa shape index (κ2) is 34.0. The molecule has 474 valence electrons. The molecule has 0 saturated heterocycles. The van der Waals surface area contributed by atoms with Crippen molar-refractivity contribution in [1.82, 2.24) is 14.0 Å². The van der Waals surface area contributed by atoms with Crippen LogP contribution in [-0.2, 0) is 65.7 Å². The maximum Gasteiger partial charge on any atom is 0.360 e. The summed E-state index contributed by atoms with van der Waals surface area (Å²) in [5.41, 5.74) is 3.34. The van der Waals surface area contributed by atoms with Crippen LogP contribution in [0, 0.1) is 13.8 Å². The van der Waals surface area contributed by atoms with Crippen molar-refractivity contribution < 1.29 is 83.8 Å². The summed E-state index contributed by atoms with van der Waals surface area (Å²) in [4.78, 5) is 62.4. The number of alkyl halides is 1. The van der Waals surface area contributed by atoms with Gasteiger partial charge in [-0.15, -0.1) is 11.6 Å². The van der Waals surface area contributed by atoms with E-state index >= 15 is 0 Å². The average Bonchev–Trinajstić information content (AvgIpc) is 1.29. The van der Waals surface area contributed by atoms with Crippen LogP contribution in [0.1, 0.15) is 53.5 Å². The quantitative estimate of drug-likeness (QED) is 0.0407. The van der Waals surface area contributed by atoms with Crippen LogP contribution in [0.25, 0.3) is 10.8 Å². The van der Waals surface area contributed by atoms with Crippen molar-refractivity contribution >= 4 is 72.3 Å². The van der Waals surface area contributed by atoms with E-state index in [9.17, 15) is 45.9 Å². The number of para-hydroxylation sites is 3. The molecule has 21 nitrogen and oxygen atoms in total. The second-order valence-corrected chi connectivity index (χ2v) is 23.0. The number of halogens is 1. The molecule has 0 unspecified atom stereocenters. The number of pyridine rings is 1. The summed E-state index contributed by atoms with van der Waals surface area (Å²) in [5, 5.41) is 11.3. The van der Waals surface area contributed by atoms with Gasteiger partial charge in [0.15, 0.2) is 11.4 Å². The third kappa shape index (κ3) is 20.4. The first-order valence-corrected chi connectivity index (χ1v) is 30.7. The summed E-state index contributed by atoms with van der Waals surface area (Å²) in [5.74, 6) is 0.573. The third-order valence-corrected chi connectivity index (χ3v) is 16.3. The van der Waals surface area contributed by atoms with Crippen molar-refractivity contribution in [1.29, 1.82) is 0 Å². The SMILES string of the molecule is COC(=O)CN(Cc1cc(Oc2ccccc2)ccc1C(=O)OC)S(=O)(=O)c1ccc(C)cc1.COC(=O)CNS(=O)(=O)c1ccc(C)cc1.COC(=O)c1ccc(Oc2ccccc2)cc1CCl.COC(=O)c1ncc2cc(Oc3ccccc3)ccc2c1O. The standard InChI is InChI=1S/C25H25NO7S.C17H13NO4.C15H13ClO3.C10H13NO4S/c1-18-9-12-22(13-10-18)34(29,30)26(17-24(27)31-2)16-19-15-21(11-14-23(19)25(28)32-3)33-20-7-5-4-6-8-20;1-21-17(20)15-16(19)14-8-7-13(9-11(14)10-18-15)22-12-5-3-2-4-6-12;1-18-15(17)14-8-7-13(9-11(14)10-16)19-12-5-3-2-4-6-12;1-8-3-5-9(6-4-8)16(13,14)11-7-10(12)15-2/h4-15H,16-17H2,1-3H3;2-10,19H,1H3;2-9H,10H2,1H3;3-6,11H,7H2,1-2H3. The summed E-state index contributed by atoms with van der Waals surface area (Å²) in [6, 6.07) is 55.2. The summed E-state index contributed by atoms with van der Waals surface area (Å²) >= 11 is 5.84. The van der Waals surface area contributed by atoms with Crippen LogP contribution in [0.3, 0.4) is 0 Å². The molecule has 0 fully saturated rings. The molecule has 8 aromatic carbocycles. The van der Waals surface area contributed by atoms with Gasteiger partial charge in [-0.1, -0.05) is 90.0 Å². The van der Waals surface area contributed by atoms with Gasteiger partial charge in [0.05, 0.1) is 56.5 Å². The predicted octanol–water partition coefficient (Wildman–Crippen LogP) is 11.9. The first-order chi connectivity index (χ1) is 43.6. The van der Waals surface area contributed by atoms with Crippen molar-refractivity contribution in [3.63, 3.8) is 0 Å². The fourth-order valence-electron chi connectivity index (χ4n) is 8.01. The van der Waals surface area contributed by atoms with Crippen molar-refractivity contribution in [2.45, 2.75) is 36.1 Å². The normalized spacial score (nSPS) is 10.7. The van der Waals surface area contributed by atoms with E-state index in [1.54, 1.807) is 84.9 Å². The summed E-state index contributed by atoms with van der Waals surface area (Å²) in [7, 11) is -1.55. The molecule has 0 atom stereocenters. The Labute approximate surface area is 531 Å². The highest BCUT2D eigenvalue weighted by molar-refractivity contribution is 7.89. The lowest BCUT2D eigenvalue weighted by Gasteiger charge is -2.22. The van der Waals surface area contributed by atoms with Crippen LogP contribution in [0.5, 0.6) is 40.2 Å². The maximum atomic E-state index is 13.4. The van der Waals surface area contributed by atoms with Crippen LogP contribution < -0.4 is 18.9 Å². The van der Waals surface area contributed by atoms with E-state index in [4.69, 9.17) is 40.0 Å². The lowest BCUT2D eigenvalue weighted by molar-refractivity contribution is -0.141. The largest absolute Gasteiger partial charge is 0.505 e. The Bertz CT molecular complexity index is 4170. The number of hydrogen-bond acceptors (Lipinski definition) is 19. The molecule has 91 heavy (non-hydrogen) atoms. The molecule has 0 amide bonds. The molecule has 0 aliphatic rings. The number of fused-ring (bicyclic) bond motifs is 1. The second-order valence-electron chi connectivity index (χ2n) is 19.1. The lowest BCUT2D eigenvalue weighted by Crippen LogP contribution is -2.36. The molecule has 1 aromatic heterocycles. The number of aryl methyl sites for hydroxylation is 2. The lowest BCUT2D eigenvalue weighted by atomic mass is 10.1. The topological polar surface area (TPSA) is 276 Å². The number of hydrogen-bond donors (Lipinski definition) is 2. The van der Waals surface area contributed by atoms with Crippen LogP contribution in [0.4, 0.5) is 0 Å². The number of sulfonamides is 2. The van der Waals surface area contributed by atoms with Crippen LogP contribution >= 0.6 is 11.6 Å². The molecular weight excluding hydrogens is 1230 g/mol. The highest BCUT2D eigenvalue weighted by atomic mass is 35.5.